The minimum Gasteiger partial charge on any atom is -0.394 e. The maximum absolute atomic E-state index is 11.9. The number of ether oxygens (including phenoxy) is 6. The van der Waals surface area contributed by atoms with Crippen LogP contribution in [0.2, 0.25) is 0 Å². The lowest BCUT2D eigenvalue weighted by molar-refractivity contribution is -0.365. The van der Waals surface area contributed by atoms with Gasteiger partial charge in [-0.2, -0.15) is 0 Å². The minimum atomic E-state index is -1.86. The summed E-state index contributed by atoms with van der Waals surface area (Å²) >= 11 is 0. The van der Waals surface area contributed by atoms with Gasteiger partial charge in [0.05, 0.1) is 19.8 Å². The Balaban J connectivity index is 1.83. The summed E-state index contributed by atoms with van der Waals surface area (Å²) in [6.07, 6.45) is -22.4. The molecule has 0 spiro atoms. The van der Waals surface area contributed by atoms with Crippen LogP contribution < -0.4 is 5.32 Å². The van der Waals surface area contributed by atoms with Crippen LogP contribution in [0.15, 0.2) is 0 Å². The van der Waals surface area contributed by atoms with E-state index in [4.69, 9.17) is 28.4 Å². The Morgan fingerprint density at radius 1 is 0.711 bits per heavy atom. The number of rotatable bonds is 9. The van der Waals surface area contributed by atoms with Gasteiger partial charge < -0.3 is 79.7 Å². The summed E-state index contributed by atoms with van der Waals surface area (Å²) in [5.74, 6) is -0.665. The summed E-state index contributed by atoms with van der Waals surface area (Å²) < 4.78 is 32.3. The van der Waals surface area contributed by atoms with E-state index in [0.29, 0.717) is 0 Å². The number of carbonyl (C=O) groups excluding carboxylic acids is 1. The lowest BCUT2D eigenvalue weighted by atomic mass is 9.94. The molecule has 0 aromatic heterocycles. The molecule has 0 aromatic rings. The standard InChI is InChI=1S/C21H37NO16/c1-6(25)22-10-13(28)17(37-21-15(30)14(29)11(26)9(36-21)5-33-2)8(4-24)35-20(10)38-18-12(27)7(3-23)34-19(32)16(18)31/h7-21,23-24,26-32H,3-5H2,1-2H3,(H,22,25)/t7-,8-,9-,10-,11+,12+,13-,14+,15-,16-,17-,18+,19-,20+,21+/m1/s1. The van der Waals surface area contributed by atoms with E-state index in [1.807, 2.05) is 0 Å². The molecule has 0 saturated carbocycles. The zero-order chi connectivity index (χ0) is 28.3. The van der Waals surface area contributed by atoms with Gasteiger partial charge in [-0.3, -0.25) is 4.79 Å². The van der Waals surface area contributed by atoms with Crippen LogP contribution in [-0.2, 0) is 33.2 Å². The highest BCUT2D eigenvalue weighted by Crippen LogP contribution is 2.32. The smallest absolute Gasteiger partial charge is 0.217 e. The lowest BCUT2D eigenvalue weighted by Crippen LogP contribution is -2.69. The fourth-order valence-electron chi connectivity index (χ4n) is 4.61. The van der Waals surface area contributed by atoms with Gasteiger partial charge in [0.2, 0.25) is 5.91 Å². The fraction of sp³-hybridized carbons (Fsp3) is 0.952. The zero-order valence-corrected chi connectivity index (χ0v) is 20.7. The second-order valence-electron chi connectivity index (χ2n) is 9.34. The van der Waals surface area contributed by atoms with E-state index in [1.165, 1.54) is 7.11 Å². The maximum atomic E-state index is 11.9. The molecular formula is C21H37NO16. The van der Waals surface area contributed by atoms with Crippen molar-refractivity contribution in [3.8, 4) is 0 Å². The third-order valence-electron chi connectivity index (χ3n) is 6.65. The van der Waals surface area contributed by atoms with Gasteiger partial charge in [-0.05, 0) is 0 Å². The molecule has 3 aliphatic rings. The van der Waals surface area contributed by atoms with Crippen LogP contribution in [0.25, 0.3) is 0 Å². The summed E-state index contributed by atoms with van der Waals surface area (Å²) in [5.41, 5.74) is 0. The van der Waals surface area contributed by atoms with Crippen LogP contribution in [0, 0.1) is 0 Å². The van der Waals surface area contributed by atoms with Crippen molar-refractivity contribution in [2.75, 3.05) is 26.9 Å². The topological polar surface area (TPSA) is 267 Å². The Morgan fingerprint density at radius 2 is 1.32 bits per heavy atom. The highest BCUT2D eigenvalue weighted by Gasteiger charge is 2.53. The molecule has 3 saturated heterocycles. The maximum Gasteiger partial charge on any atom is 0.217 e. The lowest BCUT2D eigenvalue weighted by Gasteiger charge is -2.49. The largest absolute Gasteiger partial charge is 0.394 e. The molecule has 17 heteroatoms. The number of methoxy groups -OCH3 is 1. The molecule has 10 N–H and O–H groups in total. The molecule has 17 nitrogen and oxygen atoms in total. The Bertz CT molecular complexity index is 763. The van der Waals surface area contributed by atoms with Crippen molar-refractivity contribution in [3.05, 3.63) is 0 Å². The first-order chi connectivity index (χ1) is 17.9. The van der Waals surface area contributed by atoms with Gasteiger partial charge in [0, 0.05) is 14.0 Å². The second kappa shape index (κ2) is 13.5. The van der Waals surface area contributed by atoms with Crippen molar-refractivity contribution >= 4 is 5.91 Å². The van der Waals surface area contributed by atoms with Crippen molar-refractivity contribution in [2.45, 2.75) is 99.0 Å². The summed E-state index contributed by atoms with van der Waals surface area (Å²) in [7, 11) is 1.32. The third-order valence-corrected chi connectivity index (χ3v) is 6.65. The van der Waals surface area contributed by atoms with E-state index in [1.54, 1.807) is 0 Å². The SMILES string of the molecule is COC[C@H]1O[C@@H](O[C@H]2[C@H](O)[C@@H](NC(C)=O)[C@H](O[C@@H]3[C@@H](O)[C@H](O)O[C@H](CO)[C@@H]3O)O[C@@H]2CO)[C@H](O)[C@@H](O)[C@H]1O. The molecule has 0 aromatic carbocycles. The number of amides is 1. The molecule has 3 rings (SSSR count). The van der Waals surface area contributed by atoms with Crippen LogP contribution >= 0.6 is 0 Å². The highest BCUT2D eigenvalue weighted by molar-refractivity contribution is 5.73. The average molecular weight is 560 g/mol. The van der Waals surface area contributed by atoms with E-state index in [0.717, 1.165) is 6.92 Å². The van der Waals surface area contributed by atoms with Crippen molar-refractivity contribution in [3.63, 3.8) is 0 Å². The van der Waals surface area contributed by atoms with E-state index in [-0.39, 0.29) is 6.61 Å². The molecule has 0 bridgehead atoms. The number of hydrogen-bond donors (Lipinski definition) is 10. The Morgan fingerprint density at radius 3 is 1.89 bits per heavy atom. The van der Waals surface area contributed by atoms with Gasteiger partial charge in [-0.1, -0.05) is 0 Å². The van der Waals surface area contributed by atoms with Crippen molar-refractivity contribution in [2.24, 2.45) is 0 Å². The molecule has 0 aliphatic carbocycles. The number of aliphatic hydroxyl groups excluding tert-OH is 9. The van der Waals surface area contributed by atoms with E-state index >= 15 is 0 Å². The van der Waals surface area contributed by atoms with E-state index in [9.17, 15) is 50.8 Å². The summed E-state index contributed by atoms with van der Waals surface area (Å²) in [6, 6.07) is -1.46. The van der Waals surface area contributed by atoms with Crippen LogP contribution in [0.5, 0.6) is 0 Å². The summed E-state index contributed by atoms with van der Waals surface area (Å²) in [4.78, 5) is 11.9. The van der Waals surface area contributed by atoms with Crippen LogP contribution in [0.4, 0.5) is 0 Å². The van der Waals surface area contributed by atoms with Crippen LogP contribution in [0.1, 0.15) is 6.92 Å². The highest BCUT2D eigenvalue weighted by atomic mass is 16.7. The first kappa shape index (κ1) is 31.4. The molecule has 38 heavy (non-hydrogen) atoms. The Labute approximate surface area is 217 Å². The molecule has 3 aliphatic heterocycles. The number of hydrogen-bond acceptors (Lipinski definition) is 16. The summed E-state index contributed by atoms with van der Waals surface area (Å²) in [5, 5.41) is 94.3. The predicted molar refractivity (Wildman–Crippen MR) is 118 cm³/mol. The normalized spacial score (nSPS) is 48.0. The number of carbonyl (C=O) groups is 1. The minimum absolute atomic E-state index is 0.182. The van der Waals surface area contributed by atoms with Gasteiger partial charge in [0.1, 0.15) is 73.2 Å². The Kier molecular flexibility index (Phi) is 11.1. The van der Waals surface area contributed by atoms with Gasteiger partial charge in [-0.25, -0.2) is 0 Å². The molecule has 3 heterocycles. The average Bonchev–Trinajstić information content (AvgIpc) is 2.88. The Hall–Kier alpha value is -1.13. The van der Waals surface area contributed by atoms with E-state index in [2.05, 4.69) is 5.32 Å². The second-order valence-corrected chi connectivity index (χ2v) is 9.34. The van der Waals surface area contributed by atoms with Gasteiger partial charge in [0.25, 0.3) is 0 Å². The molecule has 1 amide bonds. The van der Waals surface area contributed by atoms with E-state index < -0.39 is 111 Å². The first-order valence-corrected chi connectivity index (χ1v) is 12.0. The molecule has 0 unspecified atom stereocenters. The van der Waals surface area contributed by atoms with Crippen molar-refractivity contribution < 1.29 is 79.2 Å². The van der Waals surface area contributed by atoms with Crippen LogP contribution in [0.3, 0.4) is 0 Å². The van der Waals surface area contributed by atoms with Crippen molar-refractivity contribution in [1.82, 2.24) is 5.32 Å². The first-order valence-electron chi connectivity index (χ1n) is 12.0. The molecule has 222 valence electrons. The summed E-state index contributed by atoms with van der Waals surface area (Å²) in [6.45, 7) is -0.608. The van der Waals surface area contributed by atoms with Crippen molar-refractivity contribution in [1.29, 1.82) is 0 Å². The zero-order valence-electron chi connectivity index (χ0n) is 20.7. The van der Waals surface area contributed by atoms with Gasteiger partial charge in [0.15, 0.2) is 18.9 Å². The monoisotopic (exact) mass is 559 g/mol. The van der Waals surface area contributed by atoms with Crippen LogP contribution in [-0.4, -0.2) is 171 Å². The number of nitrogens with one attached hydrogen (secondary N) is 1. The predicted octanol–water partition coefficient (Wildman–Crippen LogP) is -6.78. The van der Waals surface area contributed by atoms with Gasteiger partial charge in [-0.15, -0.1) is 0 Å². The third kappa shape index (κ3) is 6.60. The molecule has 3 fully saturated rings. The molecular weight excluding hydrogens is 522 g/mol. The number of aliphatic hydroxyl groups is 9. The fourth-order valence-corrected chi connectivity index (χ4v) is 4.61. The quantitative estimate of drug-likeness (QED) is 0.126. The molecule has 15 atom stereocenters. The van der Waals surface area contributed by atoms with Gasteiger partial charge >= 0.3 is 0 Å². The molecule has 0 radical (unpaired) electrons.